The number of benzene rings is 1. The van der Waals surface area contributed by atoms with E-state index in [9.17, 15) is 14.4 Å². The molecule has 122 valence electrons. The molecule has 0 spiro atoms. The van der Waals surface area contributed by atoms with Gasteiger partial charge in [0.2, 0.25) is 5.76 Å². The van der Waals surface area contributed by atoms with Crippen LogP contribution in [-0.2, 0) is 9.53 Å². The third kappa shape index (κ3) is 3.17. The first-order valence-corrected chi connectivity index (χ1v) is 7.10. The molecule has 1 aliphatic rings. The third-order valence-electron chi connectivity index (χ3n) is 3.40. The first-order chi connectivity index (χ1) is 11.5. The van der Waals surface area contributed by atoms with Crippen LogP contribution in [0.2, 0.25) is 0 Å². The van der Waals surface area contributed by atoms with E-state index in [2.05, 4.69) is 10.3 Å². The van der Waals surface area contributed by atoms with Crippen LogP contribution in [0.4, 0.5) is 5.82 Å². The molecule has 24 heavy (non-hydrogen) atoms. The lowest BCUT2D eigenvalue weighted by atomic mass is 10.2. The third-order valence-corrected chi connectivity index (χ3v) is 3.40. The molecule has 2 heterocycles. The number of aliphatic carboxylic acids is 1. The molecule has 1 atom stereocenters. The summed E-state index contributed by atoms with van der Waals surface area (Å²) < 4.78 is 6.35. The van der Waals surface area contributed by atoms with Crippen molar-refractivity contribution >= 4 is 17.7 Å². The van der Waals surface area contributed by atoms with Gasteiger partial charge < -0.3 is 15.2 Å². The zero-order chi connectivity index (χ0) is 17.1. The molecule has 0 aliphatic carbocycles. The van der Waals surface area contributed by atoms with Gasteiger partial charge in [0.15, 0.2) is 6.23 Å². The second-order valence-corrected chi connectivity index (χ2v) is 5.00. The van der Waals surface area contributed by atoms with Gasteiger partial charge in [-0.15, -0.1) is 0 Å². The summed E-state index contributed by atoms with van der Waals surface area (Å²) in [6.45, 7) is 0. The fourth-order valence-corrected chi connectivity index (χ4v) is 2.24. The fourth-order valence-electron chi connectivity index (χ4n) is 2.24. The van der Waals surface area contributed by atoms with E-state index < -0.39 is 17.9 Å². The summed E-state index contributed by atoms with van der Waals surface area (Å²) in [5.74, 6) is -1.67. The Balaban J connectivity index is 1.73. The van der Waals surface area contributed by atoms with E-state index in [1.165, 1.54) is 22.9 Å². The Morgan fingerprint density at radius 3 is 2.62 bits per heavy atom. The summed E-state index contributed by atoms with van der Waals surface area (Å²) in [6.07, 6.45) is 2.29. The number of carbonyl (C=O) groups is 2. The van der Waals surface area contributed by atoms with Crippen molar-refractivity contribution in [1.29, 1.82) is 0 Å². The summed E-state index contributed by atoms with van der Waals surface area (Å²) in [5.41, 5.74) is -0.205. The van der Waals surface area contributed by atoms with E-state index in [4.69, 9.17) is 9.84 Å². The van der Waals surface area contributed by atoms with Crippen LogP contribution in [0.1, 0.15) is 23.0 Å². The Kier molecular flexibility index (Phi) is 4.11. The molecule has 0 saturated carbocycles. The molecular formula is C16H13N3O5. The van der Waals surface area contributed by atoms with Crippen molar-refractivity contribution in [3.8, 4) is 0 Å². The number of hydrogen-bond acceptors (Lipinski definition) is 5. The van der Waals surface area contributed by atoms with E-state index in [0.717, 1.165) is 0 Å². The van der Waals surface area contributed by atoms with Crippen molar-refractivity contribution in [2.24, 2.45) is 0 Å². The minimum atomic E-state index is -1.19. The second-order valence-electron chi connectivity index (χ2n) is 5.00. The predicted molar refractivity (Wildman–Crippen MR) is 83.4 cm³/mol. The molecule has 3 rings (SSSR count). The van der Waals surface area contributed by atoms with Crippen LogP contribution in [0.15, 0.2) is 59.2 Å². The van der Waals surface area contributed by atoms with E-state index in [-0.39, 0.29) is 23.9 Å². The second kappa shape index (κ2) is 6.37. The van der Waals surface area contributed by atoms with Gasteiger partial charge in [0.05, 0.1) is 0 Å². The summed E-state index contributed by atoms with van der Waals surface area (Å²) >= 11 is 0. The molecule has 0 bridgehead atoms. The van der Waals surface area contributed by atoms with Crippen LogP contribution >= 0.6 is 0 Å². The zero-order valence-corrected chi connectivity index (χ0v) is 12.4. The normalized spacial score (nSPS) is 16.2. The molecule has 1 aromatic carbocycles. The van der Waals surface area contributed by atoms with Crippen LogP contribution in [0, 0.1) is 0 Å². The molecule has 0 radical (unpaired) electrons. The fraction of sp³-hybridized carbons (Fsp3) is 0.125. The molecule has 8 nitrogen and oxygen atoms in total. The van der Waals surface area contributed by atoms with Gasteiger partial charge in [-0.3, -0.25) is 9.36 Å². The average molecular weight is 327 g/mol. The highest BCUT2D eigenvalue weighted by molar-refractivity contribution is 6.03. The zero-order valence-electron chi connectivity index (χ0n) is 12.4. The largest absolute Gasteiger partial charge is 0.475 e. The number of amides is 1. The van der Waals surface area contributed by atoms with Gasteiger partial charge >= 0.3 is 11.7 Å². The Morgan fingerprint density at radius 1 is 1.25 bits per heavy atom. The summed E-state index contributed by atoms with van der Waals surface area (Å²) in [6, 6.07) is 9.97. The number of nitrogens with one attached hydrogen (secondary N) is 1. The van der Waals surface area contributed by atoms with Crippen molar-refractivity contribution in [2.45, 2.75) is 12.6 Å². The number of anilines is 1. The minimum absolute atomic E-state index is 0.106. The minimum Gasteiger partial charge on any atom is -0.475 e. The number of hydrogen-bond donors (Lipinski definition) is 2. The number of carbonyl (C=O) groups excluding carboxylic acids is 1. The van der Waals surface area contributed by atoms with Crippen LogP contribution in [0.3, 0.4) is 0 Å². The van der Waals surface area contributed by atoms with Crippen molar-refractivity contribution in [3.05, 3.63) is 70.5 Å². The first kappa shape index (κ1) is 15.5. The van der Waals surface area contributed by atoms with Crippen LogP contribution in [0.25, 0.3) is 0 Å². The topological polar surface area (TPSA) is 111 Å². The maximum absolute atomic E-state index is 12.1. The van der Waals surface area contributed by atoms with Crippen molar-refractivity contribution in [1.82, 2.24) is 9.55 Å². The predicted octanol–water partition coefficient (Wildman–Crippen LogP) is 1.38. The van der Waals surface area contributed by atoms with Crippen LogP contribution < -0.4 is 11.0 Å². The molecule has 2 N–H and O–H groups in total. The lowest BCUT2D eigenvalue weighted by molar-refractivity contribution is -0.137. The van der Waals surface area contributed by atoms with Gasteiger partial charge in [-0.1, -0.05) is 18.2 Å². The standard InChI is InChI=1S/C16H13N3O5/c20-14(10-4-2-1-3-5-10)17-12-8-9-19(16(23)18-12)13-7-6-11(24-13)15(21)22/h1-6,8-9,13H,7H2,(H,21,22)(H,17,18,20,23)/t13-/m1/s1. The summed E-state index contributed by atoms with van der Waals surface area (Å²) in [7, 11) is 0. The molecular weight excluding hydrogens is 314 g/mol. The van der Waals surface area contributed by atoms with Crippen molar-refractivity contribution < 1.29 is 19.4 Å². The van der Waals surface area contributed by atoms with Gasteiger partial charge in [-0.2, -0.15) is 4.98 Å². The summed E-state index contributed by atoms with van der Waals surface area (Å²) in [4.78, 5) is 38.7. The Labute approximate surface area is 136 Å². The number of nitrogens with zero attached hydrogens (tertiary/aromatic N) is 2. The van der Waals surface area contributed by atoms with E-state index in [0.29, 0.717) is 5.56 Å². The lowest BCUT2D eigenvalue weighted by Crippen LogP contribution is -2.28. The quantitative estimate of drug-likeness (QED) is 0.878. The maximum Gasteiger partial charge on any atom is 0.370 e. The van der Waals surface area contributed by atoms with E-state index >= 15 is 0 Å². The number of aromatic nitrogens is 2. The first-order valence-electron chi connectivity index (χ1n) is 7.10. The van der Waals surface area contributed by atoms with Crippen molar-refractivity contribution in [3.63, 3.8) is 0 Å². The Hall–Kier alpha value is -3.42. The molecule has 0 unspecified atom stereocenters. The molecule has 0 fully saturated rings. The molecule has 1 aromatic heterocycles. The van der Waals surface area contributed by atoms with E-state index in [1.54, 1.807) is 30.3 Å². The van der Waals surface area contributed by atoms with Crippen LogP contribution in [0.5, 0.6) is 0 Å². The highest BCUT2D eigenvalue weighted by Gasteiger charge is 2.25. The molecule has 2 aromatic rings. The number of carboxylic acid groups (broad SMARTS) is 1. The Morgan fingerprint density at radius 2 is 2.00 bits per heavy atom. The van der Waals surface area contributed by atoms with Crippen LogP contribution in [-0.4, -0.2) is 26.5 Å². The Bertz CT molecular complexity index is 873. The average Bonchev–Trinajstić information content (AvgIpc) is 3.06. The smallest absolute Gasteiger partial charge is 0.370 e. The highest BCUT2D eigenvalue weighted by atomic mass is 16.5. The van der Waals surface area contributed by atoms with Gasteiger partial charge in [0.25, 0.3) is 5.91 Å². The molecule has 0 saturated heterocycles. The lowest BCUT2D eigenvalue weighted by Gasteiger charge is -2.14. The molecule has 1 amide bonds. The maximum atomic E-state index is 12.1. The number of rotatable bonds is 4. The summed E-state index contributed by atoms with van der Waals surface area (Å²) in [5, 5.41) is 11.4. The van der Waals surface area contributed by atoms with Gasteiger partial charge in [0.1, 0.15) is 5.82 Å². The highest BCUT2D eigenvalue weighted by Crippen LogP contribution is 2.24. The SMILES string of the molecule is O=C(O)C1=CC[C@H](n2ccc(NC(=O)c3ccccc3)nc2=O)O1. The van der Waals surface area contributed by atoms with Gasteiger partial charge in [-0.25, -0.2) is 9.59 Å². The van der Waals surface area contributed by atoms with Gasteiger partial charge in [-0.05, 0) is 24.3 Å². The molecule has 8 heteroatoms. The van der Waals surface area contributed by atoms with Gasteiger partial charge in [0, 0.05) is 18.2 Å². The number of ether oxygens (including phenoxy) is 1. The molecule has 1 aliphatic heterocycles. The number of carboxylic acids is 1. The van der Waals surface area contributed by atoms with E-state index in [1.807, 2.05) is 0 Å². The monoisotopic (exact) mass is 327 g/mol. The van der Waals surface area contributed by atoms with Crippen molar-refractivity contribution in [2.75, 3.05) is 5.32 Å².